The van der Waals surface area contributed by atoms with Gasteiger partial charge in [-0.05, 0) is 74.5 Å². The fraction of sp³-hybridized carbons (Fsp3) is 0.208. The third kappa shape index (κ3) is 6.74. The smallest absolute Gasteiger partial charge is 0.261 e. The molecule has 0 saturated carbocycles. The fourth-order valence-electron chi connectivity index (χ4n) is 3.35. The molecule has 9 nitrogen and oxygen atoms in total. The Labute approximate surface area is 205 Å². The van der Waals surface area contributed by atoms with Crippen LogP contribution in [-0.4, -0.2) is 41.6 Å². The summed E-state index contributed by atoms with van der Waals surface area (Å²) in [4.78, 5) is 12.9. The van der Waals surface area contributed by atoms with Crippen LogP contribution in [0.2, 0.25) is 0 Å². The Morgan fingerprint density at radius 3 is 2.03 bits per heavy atom. The molecule has 0 aliphatic carbocycles. The molecule has 1 amide bonds. The second-order valence-electron chi connectivity index (χ2n) is 7.65. The van der Waals surface area contributed by atoms with Crippen molar-refractivity contribution in [2.45, 2.75) is 24.8 Å². The van der Waals surface area contributed by atoms with Crippen molar-refractivity contribution in [1.29, 1.82) is 0 Å². The molecular formula is C24H27N3O6S2. The molecule has 0 saturated heterocycles. The molecule has 186 valence electrons. The second kappa shape index (κ2) is 10.8. The van der Waals surface area contributed by atoms with Gasteiger partial charge in [-0.15, -0.1) is 0 Å². The van der Waals surface area contributed by atoms with Crippen molar-refractivity contribution in [3.05, 3.63) is 78.9 Å². The normalized spacial score (nSPS) is 12.4. The molecule has 0 radical (unpaired) electrons. The van der Waals surface area contributed by atoms with Crippen molar-refractivity contribution in [2.75, 3.05) is 27.2 Å². The third-order valence-corrected chi connectivity index (χ3v) is 7.59. The van der Waals surface area contributed by atoms with E-state index in [2.05, 4.69) is 10.0 Å². The third-order valence-electron chi connectivity index (χ3n) is 4.95. The Morgan fingerprint density at radius 2 is 1.49 bits per heavy atom. The first kappa shape index (κ1) is 26.0. The summed E-state index contributed by atoms with van der Waals surface area (Å²) in [5.74, 6) is 0.000860. The number of ether oxygens (including phenoxy) is 1. The summed E-state index contributed by atoms with van der Waals surface area (Å²) in [6, 6.07) is 19.4. The maximum atomic E-state index is 12.9. The lowest BCUT2D eigenvalue weighted by Gasteiger charge is -2.28. The number of sulfonamides is 2. The van der Waals surface area contributed by atoms with Gasteiger partial charge in [0.1, 0.15) is 11.8 Å². The number of carbonyl (C=O) groups excluding carboxylic acids is 1. The SMILES string of the molecule is CCOc1ccc(N([C@@H](C)C(=O)Nc2ccc(S(=O)(=O)Nc3ccccc3)cc2)S(C)(=O)=O)cc1. The number of amides is 1. The van der Waals surface area contributed by atoms with Crippen molar-refractivity contribution in [3.8, 4) is 5.75 Å². The summed E-state index contributed by atoms with van der Waals surface area (Å²) in [7, 11) is -7.60. The lowest BCUT2D eigenvalue weighted by Crippen LogP contribution is -2.45. The average Bonchev–Trinajstić information content (AvgIpc) is 2.80. The van der Waals surface area contributed by atoms with E-state index in [9.17, 15) is 21.6 Å². The van der Waals surface area contributed by atoms with E-state index >= 15 is 0 Å². The highest BCUT2D eigenvalue weighted by atomic mass is 32.2. The first-order valence-corrected chi connectivity index (χ1v) is 14.1. The number of nitrogens with zero attached hydrogens (tertiary/aromatic N) is 1. The van der Waals surface area contributed by atoms with Crippen LogP contribution in [0.5, 0.6) is 5.75 Å². The molecule has 0 aliphatic rings. The Hall–Kier alpha value is -3.57. The zero-order valence-electron chi connectivity index (χ0n) is 19.5. The highest BCUT2D eigenvalue weighted by Crippen LogP contribution is 2.25. The number of nitrogens with one attached hydrogen (secondary N) is 2. The van der Waals surface area contributed by atoms with Gasteiger partial charge >= 0.3 is 0 Å². The van der Waals surface area contributed by atoms with Crippen LogP contribution >= 0.6 is 0 Å². The van der Waals surface area contributed by atoms with E-state index in [1.165, 1.54) is 31.2 Å². The van der Waals surface area contributed by atoms with Crippen LogP contribution in [0, 0.1) is 0 Å². The molecule has 0 aliphatic heterocycles. The van der Waals surface area contributed by atoms with E-state index in [0.29, 0.717) is 29.4 Å². The van der Waals surface area contributed by atoms with Crippen molar-refractivity contribution in [2.24, 2.45) is 0 Å². The van der Waals surface area contributed by atoms with Crippen LogP contribution in [0.15, 0.2) is 83.8 Å². The number of hydrogen-bond donors (Lipinski definition) is 2. The molecule has 3 aromatic carbocycles. The highest BCUT2D eigenvalue weighted by molar-refractivity contribution is 7.92. The predicted molar refractivity (Wildman–Crippen MR) is 137 cm³/mol. The molecule has 3 rings (SSSR count). The molecule has 0 fully saturated rings. The van der Waals surface area contributed by atoms with Gasteiger partial charge in [0.15, 0.2) is 0 Å². The standard InChI is InChI=1S/C24H27N3O6S2/c1-4-33-22-14-12-21(13-15-22)27(34(3,29)30)18(2)24(28)25-19-10-16-23(17-11-19)35(31,32)26-20-8-6-5-7-9-20/h5-18,26H,4H2,1-3H3,(H,25,28)/t18-/m0/s1. The van der Waals surface area contributed by atoms with E-state index < -0.39 is 32.0 Å². The molecule has 1 atom stereocenters. The van der Waals surface area contributed by atoms with Gasteiger partial charge in [0.2, 0.25) is 15.9 Å². The summed E-state index contributed by atoms with van der Waals surface area (Å²) >= 11 is 0. The van der Waals surface area contributed by atoms with Gasteiger partial charge in [0, 0.05) is 11.4 Å². The largest absolute Gasteiger partial charge is 0.494 e. The molecule has 0 aromatic heterocycles. The molecule has 35 heavy (non-hydrogen) atoms. The van der Waals surface area contributed by atoms with E-state index in [1.807, 2.05) is 6.92 Å². The Morgan fingerprint density at radius 1 is 0.886 bits per heavy atom. The molecule has 2 N–H and O–H groups in total. The van der Waals surface area contributed by atoms with Gasteiger partial charge in [-0.1, -0.05) is 18.2 Å². The van der Waals surface area contributed by atoms with E-state index in [-0.39, 0.29) is 4.90 Å². The van der Waals surface area contributed by atoms with Crippen LogP contribution in [0.25, 0.3) is 0 Å². The molecule has 0 heterocycles. The van der Waals surface area contributed by atoms with Crippen LogP contribution in [0.4, 0.5) is 17.1 Å². The van der Waals surface area contributed by atoms with Gasteiger partial charge < -0.3 is 10.1 Å². The first-order chi connectivity index (χ1) is 16.5. The summed E-state index contributed by atoms with van der Waals surface area (Å²) in [5.41, 5.74) is 1.06. The quantitative estimate of drug-likeness (QED) is 0.423. The Balaban J connectivity index is 1.75. The molecule has 0 bridgehead atoms. The number of benzene rings is 3. The number of carbonyl (C=O) groups is 1. The Bertz CT molecular complexity index is 1360. The second-order valence-corrected chi connectivity index (χ2v) is 11.2. The van der Waals surface area contributed by atoms with Gasteiger partial charge in [-0.25, -0.2) is 16.8 Å². The highest BCUT2D eigenvalue weighted by Gasteiger charge is 2.29. The minimum atomic E-state index is -3.81. The van der Waals surface area contributed by atoms with E-state index in [1.54, 1.807) is 54.6 Å². The fourth-order valence-corrected chi connectivity index (χ4v) is 5.58. The van der Waals surface area contributed by atoms with Gasteiger partial charge in [0.05, 0.1) is 23.4 Å². The summed E-state index contributed by atoms with van der Waals surface area (Å²) < 4.78 is 59.0. The Kier molecular flexibility index (Phi) is 8.03. The van der Waals surface area contributed by atoms with E-state index in [4.69, 9.17) is 4.74 Å². The lowest BCUT2D eigenvalue weighted by molar-refractivity contribution is -0.116. The van der Waals surface area contributed by atoms with Crippen LogP contribution in [-0.2, 0) is 24.8 Å². The van der Waals surface area contributed by atoms with Gasteiger partial charge in [0.25, 0.3) is 10.0 Å². The minimum Gasteiger partial charge on any atom is -0.494 e. The van der Waals surface area contributed by atoms with Gasteiger partial charge in [-0.2, -0.15) is 0 Å². The maximum absolute atomic E-state index is 12.9. The molecule has 3 aromatic rings. The maximum Gasteiger partial charge on any atom is 0.261 e. The van der Waals surface area contributed by atoms with Crippen LogP contribution in [0.1, 0.15) is 13.8 Å². The monoisotopic (exact) mass is 517 g/mol. The minimum absolute atomic E-state index is 0.0135. The summed E-state index contributed by atoms with van der Waals surface area (Å²) in [6.07, 6.45) is 1.02. The van der Waals surface area contributed by atoms with Crippen LogP contribution < -0.4 is 19.1 Å². The molecule has 0 unspecified atom stereocenters. The van der Waals surface area contributed by atoms with Crippen molar-refractivity contribution in [3.63, 3.8) is 0 Å². The number of hydrogen-bond acceptors (Lipinski definition) is 6. The van der Waals surface area contributed by atoms with E-state index in [0.717, 1.165) is 10.6 Å². The zero-order valence-corrected chi connectivity index (χ0v) is 21.1. The van der Waals surface area contributed by atoms with Gasteiger partial charge in [-0.3, -0.25) is 13.8 Å². The molecule has 11 heteroatoms. The molecule has 0 spiro atoms. The summed E-state index contributed by atoms with van der Waals surface area (Å²) in [6.45, 7) is 3.77. The predicted octanol–water partition coefficient (Wildman–Crippen LogP) is 3.68. The topological polar surface area (TPSA) is 122 Å². The number of anilines is 3. The van der Waals surface area contributed by atoms with Crippen molar-refractivity contribution in [1.82, 2.24) is 0 Å². The number of rotatable bonds is 10. The summed E-state index contributed by atoms with van der Waals surface area (Å²) in [5, 5.41) is 2.64. The average molecular weight is 518 g/mol. The molecular weight excluding hydrogens is 490 g/mol. The first-order valence-electron chi connectivity index (χ1n) is 10.7. The van der Waals surface area contributed by atoms with Crippen molar-refractivity contribution >= 4 is 43.0 Å². The van der Waals surface area contributed by atoms with Crippen LogP contribution in [0.3, 0.4) is 0 Å². The lowest BCUT2D eigenvalue weighted by atomic mass is 10.2. The number of para-hydroxylation sites is 1. The van der Waals surface area contributed by atoms with Crippen molar-refractivity contribution < 1.29 is 26.4 Å². The zero-order chi connectivity index (χ0) is 25.6.